The zero-order valence-corrected chi connectivity index (χ0v) is 14.8. The highest BCUT2D eigenvalue weighted by atomic mass is 32.2. The van der Waals surface area contributed by atoms with E-state index in [0.29, 0.717) is 5.56 Å². The molecule has 2 N–H and O–H groups in total. The van der Waals surface area contributed by atoms with Crippen LogP contribution in [0.15, 0.2) is 47.4 Å². The van der Waals surface area contributed by atoms with Crippen LogP contribution in [0.4, 0.5) is 14.5 Å². The molecule has 26 heavy (non-hydrogen) atoms. The van der Waals surface area contributed by atoms with Crippen LogP contribution in [0, 0.1) is 5.82 Å². The number of rotatable bonds is 4. The summed E-state index contributed by atoms with van der Waals surface area (Å²) in [6.45, 7) is 0.0961. The Morgan fingerprint density at radius 2 is 1.96 bits per heavy atom. The molecule has 1 amide bonds. The summed E-state index contributed by atoms with van der Waals surface area (Å²) in [5, 5.41) is 5.21. The lowest BCUT2D eigenvalue weighted by Gasteiger charge is -2.13. The molecule has 2 aromatic rings. The number of benzene rings is 2. The normalized spacial score (nSPS) is 20.1. The van der Waals surface area contributed by atoms with Gasteiger partial charge in [0.2, 0.25) is 5.91 Å². The van der Waals surface area contributed by atoms with Gasteiger partial charge >= 0.3 is 0 Å². The minimum Gasteiger partial charge on any atom is -0.322 e. The molecular weight excluding hydrogens is 362 g/mol. The molecule has 2 aromatic carbocycles. The Bertz CT molecular complexity index is 947. The third-order valence-corrected chi connectivity index (χ3v) is 5.33. The number of carbonyl (C=O) groups is 1. The van der Waals surface area contributed by atoms with Gasteiger partial charge in [-0.2, -0.15) is 0 Å². The van der Waals surface area contributed by atoms with Crippen LogP contribution in [0.2, 0.25) is 0 Å². The predicted molar refractivity (Wildman–Crippen MR) is 94.9 cm³/mol. The summed E-state index contributed by atoms with van der Waals surface area (Å²) in [6, 6.07) is 9.68. The van der Waals surface area contributed by atoms with Crippen LogP contribution in [0.5, 0.6) is 0 Å². The molecule has 1 aliphatic heterocycles. The second kappa shape index (κ2) is 7.13. The Morgan fingerprint density at radius 3 is 2.62 bits per heavy atom. The molecule has 0 bridgehead atoms. The molecule has 0 radical (unpaired) electrons. The van der Waals surface area contributed by atoms with E-state index in [1.807, 2.05) is 0 Å². The summed E-state index contributed by atoms with van der Waals surface area (Å²) in [7, 11) is -3.43. The van der Waals surface area contributed by atoms with Crippen LogP contribution in [0.25, 0.3) is 11.1 Å². The number of halogens is 2. The van der Waals surface area contributed by atoms with Gasteiger partial charge in [0.05, 0.1) is 16.6 Å². The maximum Gasteiger partial charge on any atom is 0.241 e. The fourth-order valence-electron chi connectivity index (χ4n) is 2.86. The number of alkyl halides is 1. The molecule has 3 rings (SSSR count). The summed E-state index contributed by atoms with van der Waals surface area (Å²) in [4.78, 5) is 12.2. The molecule has 0 unspecified atom stereocenters. The quantitative estimate of drug-likeness (QED) is 0.855. The first kappa shape index (κ1) is 18.5. The molecule has 138 valence electrons. The van der Waals surface area contributed by atoms with Crippen LogP contribution in [0.1, 0.15) is 6.42 Å². The number of sulfone groups is 1. The van der Waals surface area contributed by atoms with Gasteiger partial charge in [-0.15, -0.1) is 0 Å². The maximum absolute atomic E-state index is 14.9. The van der Waals surface area contributed by atoms with Crippen LogP contribution < -0.4 is 10.6 Å². The Balaban J connectivity index is 1.89. The Hall–Kier alpha value is -2.32. The van der Waals surface area contributed by atoms with Crippen LogP contribution in [0.3, 0.4) is 0 Å². The van der Waals surface area contributed by atoms with Gasteiger partial charge in [-0.25, -0.2) is 17.2 Å². The lowest BCUT2D eigenvalue weighted by Crippen LogP contribution is -2.35. The number of hydrogen-bond donors (Lipinski definition) is 2. The molecule has 2 atom stereocenters. The van der Waals surface area contributed by atoms with Crippen molar-refractivity contribution in [3.05, 3.63) is 48.3 Å². The third-order valence-electron chi connectivity index (χ3n) is 4.22. The fourth-order valence-corrected chi connectivity index (χ4v) is 3.52. The smallest absolute Gasteiger partial charge is 0.241 e. The lowest BCUT2D eigenvalue weighted by atomic mass is 10.0. The van der Waals surface area contributed by atoms with Crippen molar-refractivity contribution in [3.63, 3.8) is 0 Å². The van der Waals surface area contributed by atoms with E-state index < -0.39 is 33.8 Å². The molecule has 1 fully saturated rings. The predicted octanol–water partition coefficient (Wildman–Crippen LogP) is 2.53. The topological polar surface area (TPSA) is 75.3 Å². The molecule has 1 heterocycles. The van der Waals surface area contributed by atoms with Gasteiger partial charge in [-0.3, -0.25) is 4.79 Å². The zero-order chi connectivity index (χ0) is 18.9. The van der Waals surface area contributed by atoms with Gasteiger partial charge in [0.15, 0.2) is 15.7 Å². The van der Waals surface area contributed by atoms with E-state index in [4.69, 9.17) is 0 Å². The third kappa shape index (κ3) is 3.91. The summed E-state index contributed by atoms with van der Waals surface area (Å²) in [5.41, 5.74) is 0.502. The highest BCUT2D eigenvalue weighted by molar-refractivity contribution is 7.90. The van der Waals surface area contributed by atoms with Crippen molar-refractivity contribution >= 4 is 21.4 Å². The second-order valence-electron chi connectivity index (χ2n) is 6.25. The first-order chi connectivity index (χ1) is 12.3. The number of amides is 1. The second-order valence-corrected chi connectivity index (χ2v) is 8.27. The number of nitrogens with one attached hydrogen (secondary N) is 2. The molecule has 5 nitrogen and oxygen atoms in total. The molecule has 1 aliphatic rings. The highest BCUT2D eigenvalue weighted by Gasteiger charge is 2.29. The molecule has 0 aromatic heterocycles. The molecule has 0 aliphatic carbocycles. The molecule has 1 saturated heterocycles. The van der Waals surface area contributed by atoms with E-state index in [1.54, 1.807) is 12.1 Å². The first-order valence-corrected chi connectivity index (χ1v) is 9.92. The number of anilines is 1. The van der Waals surface area contributed by atoms with Crippen molar-refractivity contribution in [1.82, 2.24) is 5.32 Å². The van der Waals surface area contributed by atoms with Crippen molar-refractivity contribution in [3.8, 4) is 11.1 Å². The molecule has 8 heteroatoms. The van der Waals surface area contributed by atoms with Gasteiger partial charge < -0.3 is 10.6 Å². The molecule has 0 spiro atoms. The SMILES string of the molecule is CS(=O)(=O)c1cccc(-c2cccc(NC(=O)[C@@H]3C[C@@H](F)CN3)c2F)c1. The standard InChI is InChI=1S/C18H18F2N2O3S/c1-26(24,25)13-5-2-4-11(8-13)14-6-3-7-15(17(14)20)22-18(23)16-9-12(19)10-21-16/h2-8,12,16,21H,9-10H2,1H3,(H,22,23)/t12-,16+/m1/s1. The molecular formula is C18H18F2N2O3S. The lowest BCUT2D eigenvalue weighted by molar-refractivity contribution is -0.117. The van der Waals surface area contributed by atoms with Gasteiger partial charge in [-0.05, 0) is 23.8 Å². The van der Waals surface area contributed by atoms with E-state index in [0.717, 1.165) is 6.26 Å². The van der Waals surface area contributed by atoms with E-state index in [9.17, 15) is 22.0 Å². The summed E-state index contributed by atoms with van der Waals surface area (Å²) < 4.78 is 51.5. The largest absolute Gasteiger partial charge is 0.322 e. The summed E-state index contributed by atoms with van der Waals surface area (Å²) in [5.74, 6) is -1.19. The minimum absolute atomic E-state index is 0.0404. The monoisotopic (exact) mass is 380 g/mol. The minimum atomic E-state index is -3.43. The van der Waals surface area contributed by atoms with Crippen LogP contribution in [-0.4, -0.2) is 39.3 Å². The van der Waals surface area contributed by atoms with Crippen molar-refractivity contribution in [1.29, 1.82) is 0 Å². The van der Waals surface area contributed by atoms with Crippen molar-refractivity contribution in [2.45, 2.75) is 23.5 Å². The van der Waals surface area contributed by atoms with Gasteiger partial charge in [0, 0.05) is 24.8 Å². The van der Waals surface area contributed by atoms with Gasteiger partial charge in [-0.1, -0.05) is 24.3 Å². The van der Waals surface area contributed by atoms with E-state index in [2.05, 4.69) is 10.6 Å². The van der Waals surface area contributed by atoms with Gasteiger partial charge in [0.1, 0.15) is 6.17 Å². The van der Waals surface area contributed by atoms with Gasteiger partial charge in [0.25, 0.3) is 0 Å². The van der Waals surface area contributed by atoms with Crippen LogP contribution >= 0.6 is 0 Å². The maximum atomic E-state index is 14.9. The van der Waals surface area contributed by atoms with Crippen molar-refractivity contribution in [2.75, 3.05) is 18.1 Å². The fraction of sp³-hybridized carbons (Fsp3) is 0.278. The first-order valence-electron chi connectivity index (χ1n) is 8.03. The zero-order valence-electron chi connectivity index (χ0n) is 14.0. The van der Waals surface area contributed by atoms with E-state index in [1.165, 1.54) is 30.3 Å². The van der Waals surface area contributed by atoms with Crippen molar-refractivity contribution in [2.24, 2.45) is 0 Å². The summed E-state index contributed by atoms with van der Waals surface area (Å²) in [6.07, 6.45) is 0.0238. The van der Waals surface area contributed by atoms with Crippen LogP contribution in [-0.2, 0) is 14.6 Å². The summed E-state index contributed by atoms with van der Waals surface area (Å²) >= 11 is 0. The van der Waals surface area contributed by atoms with Crippen molar-refractivity contribution < 1.29 is 22.0 Å². The Labute approximate surface area is 150 Å². The van der Waals surface area contributed by atoms with E-state index in [-0.39, 0.29) is 29.1 Å². The molecule has 0 saturated carbocycles. The van der Waals surface area contributed by atoms with E-state index >= 15 is 0 Å². The average Bonchev–Trinajstić information content (AvgIpc) is 3.03. The number of carbonyl (C=O) groups excluding carboxylic acids is 1. The number of hydrogen-bond acceptors (Lipinski definition) is 4. The Morgan fingerprint density at radius 1 is 1.23 bits per heavy atom. The highest BCUT2D eigenvalue weighted by Crippen LogP contribution is 2.29. The average molecular weight is 380 g/mol. The Kier molecular flexibility index (Phi) is 5.06.